The normalized spacial score (nSPS) is 15.6. The number of ketones is 1. The monoisotopic (exact) mass is 262 g/mol. The van der Waals surface area contributed by atoms with Crippen LogP contribution < -0.4 is 5.56 Å². The summed E-state index contributed by atoms with van der Waals surface area (Å²) in [5, 5.41) is 0. The Bertz CT molecular complexity index is 558. The Morgan fingerprint density at radius 2 is 2.11 bits per heavy atom. The molecule has 0 aromatic carbocycles. The molecule has 1 aliphatic heterocycles. The molecule has 0 fully saturated rings. The second-order valence-electron chi connectivity index (χ2n) is 5.88. The largest absolute Gasteiger partial charge is 0.311 e. The van der Waals surface area contributed by atoms with Gasteiger partial charge in [-0.15, -0.1) is 0 Å². The fourth-order valence-electron chi connectivity index (χ4n) is 2.67. The topological polar surface area (TPSA) is 42.3 Å². The molecule has 0 aliphatic carbocycles. The highest BCUT2D eigenvalue weighted by Gasteiger charge is 2.21. The lowest BCUT2D eigenvalue weighted by Gasteiger charge is -2.28. The van der Waals surface area contributed by atoms with Crippen LogP contribution in [-0.2, 0) is 19.5 Å². The van der Waals surface area contributed by atoms with Gasteiger partial charge in [-0.3, -0.25) is 9.59 Å². The summed E-state index contributed by atoms with van der Waals surface area (Å²) in [6, 6.07) is 1.80. The summed E-state index contributed by atoms with van der Waals surface area (Å²) >= 11 is 0. The van der Waals surface area contributed by atoms with Crippen LogP contribution in [0.1, 0.15) is 42.4 Å². The zero-order valence-electron chi connectivity index (χ0n) is 12.2. The van der Waals surface area contributed by atoms with Gasteiger partial charge in [0.1, 0.15) is 0 Å². The van der Waals surface area contributed by atoms with Crippen LogP contribution in [0.4, 0.5) is 0 Å². The van der Waals surface area contributed by atoms with Gasteiger partial charge in [0.25, 0.3) is 5.56 Å². The Morgan fingerprint density at radius 3 is 2.68 bits per heavy atom. The predicted molar refractivity (Wildman–Crippen MR) is 75.6 cm³/mol. The van der Waals surface area contributed by atoms with Crippen molar-refractivity contribution in [1.29, 1.82) is 0 Å². The van der Waals surface area contributed by atoms with Crippen molar-refractivity contribution < 1.29 is 4.79 Å². The van der Waals surface area contributed by atoms with E-state index in [1.165, 1.54) is 6.92 Å². The van der Waals surface area contributed by atoms with Gasteiger partial charge in [0.2, 0.25) is 0 Å². The molecule has 0 bridgehead atoms. The molecule has 2 rings (SSSR count). The third kappa shape index (κ3) is 2.78. The minimum Gasteiger partial charge on any atom is -0.311 e. The number of fused-ring (bicyclic) bond motifs is 1. The number of rotatable bonds is 3. The standard InChI is InChI=1S/C15H22N2O2/c1-10(2)8-17-14-5-6-16(4)9-12(14)7-13(11(3)18)15(17)19/h7,10H,5-6,8-9H2,1-4H3. The molecule has 0 saturated carbocycles. The molecule has 0 saturated heterocycles. The maximum Gasteiger partial charge on any atom is 0.261 e. The molecule has 104 valence electrons. The average molecular weight is 262 g/mol. The van der Waals surface area contributed by atoms with Gasteiger partial charge in [-0.05, 0) is 31.5 Å². The Kier molecular flexibility index (Phi) is 3.90. The van der Waals surface area contributed by atoms with E-state index in [4.69, 9.17) is 0 Å². The number of Topliss-reactive ketones (excluding diaryl/α,β-unsaturated/α-hetero) is 1. The van der Waals surface area contributed by atoms with Crippen LogP contribution in [0.5, 0.6) is 0 Å². The molecule has 0 unspecified atom stereocenters. The number of aromatic nitrogens is 1. The van der Waals surface area contributed by atoms with Crippen molar-refractivity contribution in [1.82, 2.24) is 9.47 Å². The van der Waals surface area contributed by atoms with Crippen LogP contribution in [0.3, 0.4) is 0 Å². The summed E-state index contributed by atoms with van der Waals surface area (Å²) in [6.45, 7) is 8.11. The molecular formula is C15H22N2O2. The zero-order chi connectivity index (χ0) is 14.2. The highest BCUT2D eigenvalue weighted by atomic mass is 16.1. The average Bonchev–Trinajstić information content (AvgIpc) is 2.31. The minimum atomic E-state index is -0.140. The first-order valence-electron chi connectivity index (χ1n) is 6.85. The van der Waals surface area contributed by atoms with Crippen molar-refractivity contribution in [3.63, 3.8) is 0 Å². The predicted octanol–water partition coefficient (Wildman–Crippen LogP) is 1.69. The molecule has 19 heavy (non-hydrogen) atoms. The van der Waals surface area contributed by atoms with Gasteiger partial charge in [0, 0.05) is 31.7 Å². The Hall–Kier alpha value is -1.42. The first-order chi connectivity index (χ1) is 8.90. The lowest BCUT2D eigenvalue weighted by molar-refractivity contribution is 0.101. The van der Waals surface area contributed by atoms with Crippen molar-refractivity contribution >= 4 is 5.78 Å². The Morgan fingerprint density at radius 1 is 1.42 bits per heavy atom. The van der Waals surface area contributed by atoms with E-state index < -0.39 is 0 Å². The van der Waals surface area contributed by atoms with Crippen LogP contribution in [0.2, 0.25) is 0 Å². The molecule has 0 radical (unpaired) electrons. The summed E-state index contributed by atoms with van der Waals surface area (Å²) in [7, 11) is 2.06. The van der Waals surface area contributed by atoms with E-state index in [1.807, 2.05) is 4.57 Å². The maximum atomic E-state index is 12.4. The zero-order valence-corrected chi connectivity index (χ0v) is 12.2. The molecular weight excluding hydrogens is 240 g/mol. The van der Waals surface area contributed by atoms with Gasteiger partial charge in [-0.25, -0.2) is 0 Å². The number of nitrogens with zero attached hydrogens (tertiary/aromatic N) is 2. The molecule has 0 N–H and O–H groups in total. The van der Waals surface area contributed by atoms with Crippen LogP contribution in [0.25, 0.3) is 0 Å². The van der Waals surface area contributed by atoms with Crippen molar-refractivity contribution in [2.45, 2.75) is 40.3 Å². The van der Waals surface area contributed by atoms with Crippen LogP contribution in [0.15, 0.2) is 10.9 Å². The number of hydrogen-bond acceptors (Lipinski definition) is 3. The molecule has 1 aromatic rings. The molecule has 2 heterocycles. The molecule has 1 aliphatic rings. The van der Waals surface area contributed by atoms with E-state index >= 15 is 0 Å². The van der Waals surface area contributed by atoms with Crippen LogP contribution in [0, 0.1) is 5.92 Å². The van der Waals surface area contributed by atoms with E-state index in [-0.39, 0.29) is 11.3 Å². The first-order valence-corrected chi connectivity index (χ1v) is 6.85. The van der Waals surface area contributed by atoms with E-state index in [9.17, 15) is 9.59 Å². The number of carbonyl (C=O) groups is 1. The SMILES string of the molecule is CC(=O)c1cc2c(n(CC(C)C)c1=O)CCN(C)C2. The van der Waals surface area contributed by atoms with Crippen LogP contribution >= 0.6 is 0 Å². The Labute approximate surface area is 114 Å². The summed E-state index contributed by atoms with van der Waals surface area (Å²) in [6.07, 6.45) is 0.881. The fourth-order valence-corrected chi connectivity index (χ4v) is 2.67. The van der Waals surface area contributed by atoms with E-state index in [0.717, 1.165) is 30.8 Å². The molecule has 0 atom stereocenters. The van der Waals surface area contributed by atoms with Crippen molar-refractivity contribution in [2.24, 2.45) is 5.92 Å². The minimum absolute atomic E-state index is 0.121. The first kappa shape index (κ1) is 14.0. The third-order valence-electron chi connectivity index (χ3n) is 3.59. The highest BCUT2D eigenvalue weighted by Crippen LogP contribution is 2.18. The highest BCUT2D eigenvalue weighted by molar-refractivity contribution is 5.93. The summed E-state index contributed by atoms with van der Waals surface area (Å²) in [4.78, 5) is 26.3. The smallest absolute Gasteiger partial charge is 0.261 e. The number of likely N-dealkylation sites (N-methyl/N-ethyl adjacent to an activating group) is 1. The van der Waals surface area contributed by atoms with Crippen molar-refractivity contribution in [3.05, 3.63) is 33.2 Å². The maximum absolute atomic E-state index is 12.4. The molecule has 4 heteroatoms. The molecule has 1 aromatic heterocycles. The number of hydrogen-bond donors (Lipinski definition) is 0. The molecule has 4 nitrogen and oxygen atoms in total. The van der Waals surface area contributed by atoms with E-state index in [1.54, 1.807) is 6.07 Å². The summed E-state index contributed by atoms with van der Waals surface area (Å²) in [5.74, 6) is 0.252. The Balaban J connectivity index is 2.62. The fraction of sp³-hybridized carbons (Fsp3) is 0.600. The van der Waals surface area contributed by atoms with E-state index in [0.29, 0.717) is 18.0 Å². The lowest BCUT2D eigenvalue weighted by atomic mass is 10.0. The number of carbonyl (C=O) groups excluding carboxylic acids is 1. The van der Waals surface area contributed by atoms with Gasteiger partial charge in [-0.1, -0.05) is 13.8 Å². The van der Waals surface area contributed by atoms with Crippen LogP contribution in [-0.4, -0.2) is 28.8 Å². The number of pyridine rings is 1. The van der Waals surface area contributed by atoms with Crippen molar-refractivity contribution in [3.8, 4) is 0 Å². The second-order valence-corrected chi connectivity index (χ2v) is 5.88. The summed E-state index contributed by atoms with van der Waals surface area (Å²) in [5.41, 5.74) is 2.44. The second kappa shape index (κ2) is 5.29. The van der Waals surface area contributed by atoms with E-state index in [2.05, 4.69) is 25.8 Å². The van der Waals surface area contributed by atoms with Gasteiger partial charge in [0.15, 0.2) is 5.78 Å². The van der Waals surface area contributed by atoms with Gasteiger partial charge >= 0.3 is 0 Å². The summed E-state index contributed by atoms with van der Waals surface area (Å²) < 4.78 is 1.82. The lowest BCUT2D eigenvalue weighted by Crippen LogP contribution is -2.36. The van der Waals surface area contributed by atoms with Gasteiger partial charge in [0.05, 0.1) is 5.56 Å². The molecule has 0 amide bonds. The van der Waals surface area contributed by atoms with Gasteiger partial charge < -0.3 is 9.47 Å². The van der Waals surface area contributed by atoms with Crippen molar-refractivity contribution in [2.75, 3.05) is 13.6 Å². The molecule has 0 spiro atoms. The third-order valence-corrected chi connectivity index (χ3v) is 3.59. The van der Waals surface area contributed by atoms with Gasteiger partial charge in [-0.2, -0.15) is 0 Å². The quantitative estimate of drug-likeness (QED) is 0.779.